The van der Waals surface area contributed by atoms with E-state index >= 15 is 0 Å². The monoisotopic (exact) mass is 599 g/mol. The van der Waals surface area contributed by atoms with Gasteiger partial charge in [0.1, 0.15) is 18.0 Å². The van der Waals surface area contributed by atoms with Crippen molar-refractivity contribution in [2.75, 3.05) is 13.7 Å². The van der Waals surface area contributed by atoms with Crippen molar-refractivity contribution >= 4 is 45.1 Å². The van der Waals surface area contributed by atoms with Crippen molar-refractivity contribution < 1.29 is 26.2 Å². The second-order valence-corrected chi connectivity index (χ2v) is 11.4. The van der Waals surface area contributed by atoms with Gasteiger partial charge < -0.3 is 23.2 Å². The van der Waals surface area contributed by atoms with E-state index in [0.717, 1.165) is 66.8 Å². The van der Waals surface area contributed by atoms with Gasteiger partial charge in [-0.05, 0) is 73.6 Å². The van der Waals surface area contributed by atoms with Crippen LogP contribution in [0.2, 0.25) is 5.02 Å². The Morgan fingerprint density at radius 3 is 2.86 bits per heavy atom. The maximum Gasteiger partial charge on any atom is 0.337 e. The molecular formula is C34H32ClN3O5. The number of carbonyl (C=O) groups is 1. The second-order valence-electron chi connectivity index (χ2n) is 11.0. The normalized spacial score (nSPS) is 19.4. The van der Waals surface area contributed by atoms with E-state index in [0.29, 0.717) is 34.0 Å². The number of ether oxygens (including phenoxy) is 3. The van der Waals surface area contributed by atoms with Crippen molar-refractivity contribution in [2.24, 2.45) is 5.92 Å². The predicted molar refractivity (Wildman–Crippen MR) is 164 cm³/mol. The Hall–Kier alpha value is -4.14. The first-order chi connectivity index (χ1) is 21.8. The highest BCUT2D eigenvalue weighted by atomic mass is 35.5. The lowest BCUT2D eigenvalue weighted by Crippen LogP contribution is -2.32. The average Bonchev–Trinajstić information content (AvgIpc) is 3.64. The molecule has 0 saturated carbocycles. The van der Waals surface area contributed by atoms with Gasteiger partial charge in [-0.2, -0.15) is 0 Å². The number of esters is 1. The Kier molecular flexibility index (Phi) is 7.00. The molecule has 0 bridgehead atoms. The van der Waals surface area contributed by atoms with Gasteiger partial charge in [0.25, 0.3) is 0 Å². The zero-order chi connectivity index (χ0) is 31.1. The molecule has 8 nitrogen and oxygen atoms in total. The maximum absolute atomic E-state index is 12.2. The lowest BCUT2D eigenvalue weighted by molar-refractivity contribution is -0.0590. The average molecular weight is 600 g/mol. The van der Waals surface area contributed by atoms with Gasteiger partial charge in [0.15, 0.2) is 0 Å². The van der Waals surface area contributed by atoms with Gasteiger partial charge in [-0.1, -0.05) is 29.8 Å². The number of hydrogen-bond acceptors (Lipinski definition) is 7. The fourth-order valence-corrected chi connectivity index (χ4v) is 6.05. The third-order valence-corrected chi connectivity index (χ3v) is 8.63. The number of fused-ring (bicyclic) bond motifs is 2. The van der Waals surface area contributed by atoms with E-state index in [-0.39, 0.29) is 23.5 Å². The molecule has 4 heterocycles. The van der Waals surface area contributed by atoms with Crippen molar-refractivity contribution in [3.63, 3.8) is 0 Å². The van der Waals surface area contributed by atoms with Crippen molar-refractivity contribution in [1.82, 2.24) is 14.5 Å². The number of pyridine rings is 1. The summed E-state index contributed by atoms with van der Waals surface area (Å²) < 4.78 is 41.5. The zero-order valence-electron chi connectivity index (χ0n) is 25.7. The summed E-state index contributed by atoms with van der Waals surface area (Å²) in [5.74, 6) is 1.21. The minimum Gasteiger partial charge on any atom is -0.473 e. The number of carbonyl (C=O) groups excluding carboxylic acids is 1. The summed E-state index contributed by atoms with van der Waals surface area (Å²) in [6, 6.07) is 15.8. The van der Waals surface area contributed by atoms with E-state index < -0.39 is 6.56 Å². The van der Waals surface area contributed by atoms with Crippen LogP contribution >= 0.6 is 11.6 Å². The Morgan fingerprint density at radius 1 is 1.16 bits per heavy atom. The molecule has 2 atom stereocenters. The van der Waals surface area contributed by atoms with Gasteiger partial charge in [0, 0.05) is 30.0 Å². The molecule has 1 saturated heterocycles. The number of aromatic nitrogens is 3. The standard InChI is InChI=1S/C34H32ClN3O5/c1-40-34(39)23-10-12-29-30(18-23)38(19-25-13-15-41-25)31(36-29)17-21-5-7-22(8-6-21)28-3-2-4-32(37-28)43-20-24-9-11-27(35)26-14-16-42-33(24)26/h2-4,7,9-12,14,16,18,21,25H,5-6,8,13,15,17,19-20H2,1H3/t21?,25-/m0/s1/i20D2. The highest BCUT2D eigenvalue weighted by Gasteiger charge is 2.25. The fourth-order valence-electron chi connectivity index (χ4n) is 5.84. The fraction of sp³-hybridized carbons (Fsp3) is 0.324. The van der Waals surface area contributed by atoms with Crippen LogP contribution in [0, 0.1) is 5.92 Å². The highest BCUT2D eigenvalue weighted by molar-refractivity contribution is 6.35. The van der Waals surface area contributed by atoms with Crippen molar-refractivity contribution in [3.8, 4) is 5.88 Å². The third kappa shape index (κ3) is 5.65. The van der Waals surface area contributed by atoms with Crippen LogP contribution in [-0.2, 0) is 29.0 Å². The van der Waals surface area contributed by atoms with Gasteiger partial charge in [-0.15, -0.1) is 0 Å². The summed E-state index contributed by atoms with van der Waals surface area (Å²) in [6.45, 7) is -0.710. The molecule has 2 aromatic carbocycles. The Labute approximate surface area is 257 Å². The molecule has 1 unspecified atom stereocenters. The first-order valence-electron chi connectivity index (χ1n) is 15.5. The molecule has 1 aliphatic heterocycles. The molecule has 5 aromatic rings. The molecule has 1 aliphatic carbocycles. The highest BCUT2D eigenvalue weighted by Crippen LogP contribution is 2.34. The quantitative estimate of drug-likeness (QED) is 0.163. The predicted octanol–water partition coefficient (Wildman–Crippen LogP) is 7.41. The number of halogens is 1. The van der Waals surface area contributed by atoms with Crippen LogP contribution in [0.1, 0.15) is 55.9 Å². The van der Waals surface area contributed by atoms with E-state index in [9.17, 15) is 4.79 Å². The van der Waals surface area contributed by atoms with Crippen LogP contribution in [0.5, 0.6) is 5.88 Å². The number of rotatable bonds is 9. The first-order valence-corrected chi connectivity index (χ1v) is 14.9. The smallest absolute Gasteiger partial charge is 0.337 e. The van der Waals surface area contributed by atoms with Crippen molar-refractivity contribution in [1.29, 1.82) is 0 Å². The second kappa shape index (κ2) is 11.9. The van der Waals surface area contributed by atoms with Gasteiger partial charge >= 0.3 is 5.97 Å². The van der Waals surface area contributed by atoms with Gasteiger partial charge in [-0.25, -0.2) is 14.8 Å². The molecule has 3 aromatic heterocycles. The minimum atomic E-state index is -2.19. The number of nitrogens with zero attached hydrogens (tertiary/aromatic N) is 3. The van der Waals surface area contributed by atoms with Crippen molar-refractivity contribution in [2.45, 2.75) is 51.3 Å². The van der Waals surface area contributed by atoms with Gasteiger partial charge in [0.05, 0.1) is 56.1 Å². The summed E-state index contributed by atoms with van der Waals surface area (Å²) in [7, 11) is 1.39. The first kappa shape index (κ1) is 25.4. The third-order valence-electron chi connectivity index (χ3n) is 8.30. The van der Waals surface area contributed by atoms with E-state index in [1.54, 1.807) is 30.3 Å². The molecule has 0 spiro atoms. The summed E-state index contributed by atoms with van der Waals surface area (Å²) in [4.78, 5) is 21.8. The lowest BCUT2D eigenvalue weighted by atomic mass is 9.86. The van der Waals surface area contributed by atoms with Crippen molar-refractivity contribution in [3.05, 3.63) is 94.6 Å². The van der Waals surface area contributed by atoms with Gasteiger partial charge in [-0.3, -0.25) is 0 Å². The van der Waals surface area contributed by atoms with Crippen LogP contribution in [0.25, 0.3) is 27.6 Å². The number of furan rings is 1. The Bertz CT molecular complexity index is 1930. The molecule has 220 valence electrons. The van der Waals surface area contributed by atoms with E-state index in [1.807, 2.05) is 24.3 Å². The summed E-state index contributed by atoms with van der Waals surface area (Å²) in [5.41, 5.74) is 4.75. The molecule has 0 radical (unpaired) electrons. The topological polar surface area (TPSA) is 88.6 Å². The van der Waals surface area contributed by atoms with Crippen LogP contribution in [0.3, 0.4) is 0 Å². The van der Waals surface area contributed by atoms with Crippen LogP contribution in [0.4, 0.5) is 0 Å². The molecule has 9 heteroatoms. The summed E-state index contributed by atoms with van der Waals surface area (Å²) >= 11 is 6.25. The number of hydrogen-bond donors (Lipinski definition) is 0. The molecule has 0 N–H and O–H groups in total. The number of imidazole rings is 1. The SMILES string of the molecule is [2H]C([2H])(Oc1cccc(C2=CCC(Cc3nc4ccc(C(=O)OC)cc4n3C[C@@H]3CCO3)CC2)n1)c1ccc(Cl)c2ccoc12. The van der Waals surface area contributed by atoms with Crippen LogP contribution in [-0.4, -0.2) is 40.3 Å². The van der Waals surface area contributed by atoms with Crippen LogP contribution in [0.15, 0.2) is 71.4 Å². The Balaban J connectivity index is 1.08. The van der Waals surface area contributed by atoms with E-state index in [1.165, 1.54) is 13.4 Å². The summed E-state index contributed by atoms with van der Waals surface area (Å²) in [5, 5.41) is 1.11. The lowest BCUT2D eigenvalue weighted by Gasteiger charge is -2.28. The molecular weight excluding hydrogens is 566 g/mol. The number of benzene rings is 2. The Morgan fingerprint density at radius 2 is 2.07 bits per heavy atom. The van der Waals surface area contributed by atoms with E-state index in [4.69, 9.17) is 38.0 Å². The molecule has 0 amide bonds. The maximum atomic E-state index is 12.2. The number of allylic oxidation sites excluding steroid dienone is 2. The minimum absolute atomic E-state index is 0.150. The summed E-state index contributed by atoms with van der Waals surface area (Å²) in [6.07, 6.45) is 8.31. The van der Waals surface area contributed by atoms with E-state index in [2.05, 4.69) is 15.6 Å². The largest absolute Gasteiger partial charge is 0.473 e. The molecule has 1 fully saturated rings. The molecule has 2 aliphatic rings. The zero-order valence-corrected chi connectivity index (χ0v) is 24.5. The van der Waals surface area contributed by atoms with Gasteiger partial charge in [0.2, 0.25) is 5.88 Å². The molecule has 7 rings (SSSR count). The van der Waals surface area contributed by atoms with Crippen LogP contribution < -0.4 is 4.74 Å². The number of methoxy groups -OCH3 is 1. The molecule has 43 heavy (non-hydrogen) atoms.